The van der Waals surface area contributed by atoms with Crippen LogP contribution in [-0.4, -0.2) is 73.8 Å². The number of hydrogen-bond donors (Lipinski definition) is 0. The second kappa shape index (κ2) is 12.6. The van der Waals surface area contributed by atoms with Crippen LogP contribution in [0.25, 0.3) is 0 Å². The van der Waals surface area contributed by atoms with Gasteiger partial charge in [-0.15, -0.1) is 0 Å². The van der Waals surface area contributed by atoms with Crippen LogP contribution in [0.1, 0.15) is 51.1 Å². The zero-order chi connectivity index (χ0) is 28.1. The van der Waals surface area contributed by atoms with E-state index in [1.165, 1.54) is 18.9 Å². The average molecular weight is 558 g/mol. The van der Waals surface area contributed by atoms with Crippen LogP contribution >= 0.6 is 11.8 Å². The highest BCUT2D eigenvalue weighted by molar-refractivity contribution is 8.16. The van der Waals surface area contributed by atoms with E-state index in [4.69, 9.17) is 23.9 Å². The summed E-state index contributed by atoms with van der Waals surface area (Å²) < 4.78 is 21.4. The first kappa shape index (κ1) is 28.5. The van der Waals surface area contributed by atoms with E-state index in [1.54, 1.807) is 32.1 Å². The fourth-order valence-electron chi connectivity index (χ4n) is 5.17. The van der Waals surface area contributed by atoms with Gasteiger partial charge in [-0.1, -0.05) is 24.8 Å². The molecule has 1 amide bonds. The van der Waals surface area contributed by atoms with Crippen molar-refractivity contribution >= 4 is 34.8 Å². The van der Waals surface area contributed by atoms with Gasteiger partial charge < -0.3 is 28.7 Å². The van der Waals surface area contributed by atoms with Crippen molar-refractivity contribution < 1.29 is 33.3 Å². The molecule has 0 spiro atoms. The number of nitrogens with zero attached hydrogens (tertiary/aromatic N) is 3. The van der Waals surface area contributed by atoms with Gasteiger partial charge >= 0.3 is 11.9 Å². The number of hydrogen-bond acceptors (Lipinski definition) is 10. The Labute approximate surface area is 233 Å². The second-order valence-electron chi connectivity index (χ2n) is 9.32. The number of benzene rings is 1. The van der Waals surface area contributed by atoms with Gasteiger partial charge in [-0.25, -0.2) is 9.79 Å². The zero-order valence-electron chi connectivity index (χ0n) is 23.0. The number of aliphatic imine (C=N–C) groups is 1. The fraction of sp³-hybridized carbons (Fsp3) is 0.500. The number of carbonyl (C=O) groups excluding carboxylic acids is 3. The molecule has 0 bridgehead atoms. The van der Waals surface area contributed by atoms with Crippen molar-refractivity contribution in [2.45, 2.75) is 45.6 Å². The predicted molar refractivity (Wildman–Crippen MR) is 147 cm³/mol. The minimum atomic E-state index is -0.581. The molecule has 0 saturated carbocycles. The summed E-state index contributed by atoms with van der Waals surface area (Å²) in [5, 5.41) is 2.59. The Balaban J connectivity index is 1.67. The van der Waals surface area contributed by atoms with E-state index in [0.29, 0.717) is 60.5 Å². The van der Waals surface area contributed by atoms with Crippen molar-refractivity contribution in [1.82, 2.24) is 9.80 Å². The smallest absolute Gasteiger partial charge is 0.338 e. The van der Waals surface area contributed by atoms with Crippen LogP contribution in [0.3, 0.4) is 0 Å². The van der Waals surface area contributed by atoms with Crippen molar-refractivity contribution in [1.29, 1.82) is 0 Å². The van der Waals surface area contributed by atoms with Crippen LogP contribution in [0.5, 0.6) is 11.5 Å². The number of piperidine rings is 1. The number of methoxy groups -OCH3 is 3. The molecule has 0 radical (unpaired) electrons. The molecule has 1 fully saturated rings. The molecule has 3 aliphatic heterocycles. The molecule has 10 nitrogen and oxygen atoms in total. The van der Waals surface area contributed by atoms with E-state index >= 15 is 0 Å². The third-order valence-corrected chi connectivity index (χ3v) is 7.97. The summed E-state index contributed by atoms with van der Waals surface area (Å²) >= 11 is 1.42. The molecule has 4 rings (SSSR count). The molecule has 3 aliphatic rings. The minimum absolute atomic E-state index is 0.0898. The highest BCUT2D eigenvalue weighted by Crippen LogP contribution is 2.47. The third-order valence-electron chi connectivity index (χ3n) is 7.08. The molecule has 2 unspecified atom stereocenters. The number of fused-ring (bicyclic) bond motifs is 1. The lowest BCUT2D eigenvalue weighted by Gasteiger charge is -2.37. The average Bonchev–Trinajstić information content (AvgIpc) is 3.37. The van der Waals surface area contributed by atoms with Crippen LogP contribution in [0.2, 0.25) is 0 Å². The lowest BCUT2D eigenvalue weighted by molar-refractivity contribution is -0.151. The normalized spacial score (nSPS) is 20.6. The Morgan fingerprint density at radius 2 is 1.87 bits per heavy atom. The maximum Gasteiger partial charge on any atom is 0.338 e. The highest BCUT2D eigenvalue weighted by atomic mass is 32.2. The Kier molecular flexibility index (Phi) is 9.21. The summed E-state index contributed by atoms with van der Waals surface area (Å²) in [5.41, 5.74) is 2.54. The lowest BCUT2D eigenvalue weighted by Crippen LogP contribution is -2.44. The zero-order valence-corrected chi connectivity index (χ0v) is 23.8. The molecule has 39 heavy (non-hydrogen) atoms. The first-order chi connectivity index (χ1) is 18.9. The summed E-state index contributed by atoms with van der Waals surface area (Å²) in [4.78, 5) is 47.4. The molecule has 0 aromatic heterocycles. The summed E-state index contributed by atoms with van der Waals surface area (Å²) in [6.45, 7) is 4.96. The van der Waals surface area contributed by atoms with Crippen LogP contribution in [0.4, 0.5) is 0 Å². The van der Waals surface area contributed by atoms with Gasteiger partial charge in [0.2, 0.25) is 5.91 Å². The third kappa shape index (κ3) is 5.78. The van der Waals surface area contributed by atoms with Gasteiger partial charge in [-0.2, -0.15) is 0 Å². The number of amidine groups is 1. The van der Waals surface area contributed by atoms with E-state index < -0.39 is 12.0 Å². The number of carbonyl (C=O) groups is 3. The van der Waals surface area contributed by atoms with E-state index in [1.807, 2.05) is 29.4 Å². The van der Waals surface area contributed by atoms with Crippen molar-refractivity contribution in [2.24, 2.45) is 10.9 Å². The van der Waals surface area contributed by atoms with Crippen LogP contribution < -0.4 is 9.47 Å². The maximum absolute atomic E-state index is 13.5. The van der Waals surface area contributed by atoms with Crippen molar-refractivity contribution in [3.63, 3.8) is 0 Å². The number of esters is 2. The van der Waals surface area contributed by atoms with E-state index in [2.05, 4.69) is 0 Å². The first-order valence-corrected chi connectivity index (χ1v) is 14.0. The number of ether oxygens (including phenoxy) is 4. The number of allylic oxidation sites excluding steroid dienone is 1. The van der Waals surface area contributed by atoms with E-state index in [-0.39, 0.29) is 24.2 Å². The van der Waals surface area contributed by atoms with E-state index in [0.717, 1.165) is 17.7 Å². The van der Waals surface area contributed by atoms with Crippen molar-refractivity contribution in [2.75, 3.05) is 41.0 Å². The largest absolute Gasteiger partial charge is 0.493 e. The molecular formula is C28H35N3O7S. The topological polar surface area (TPSA) is 107 Å². The Bertz CT molecular complexity index is 1230. The van der Waals surface area contributed by atoms with Gasteiger partial charge in [-0.05, 0) is 49.3 Å². The molecule has 3 heterocycles. The number of thioether (sulfide) groups is 1. The maximum atomic E-state index is 13.5. The van der Waals surface area contributed by atoms with Gasteiger partial charge in [0.15, 0.2) is 16.7 Å². The molecule has 0 aliphatic carbocycles. The van der Waals surface area contributed by atoms with Crippen LogP contribution in [0.15, 0.2) is 45.6 Å². The number of amides is 1. The summed E-state index contributed by atoms with van der Waals surface area (Å²) in [6, 6.07) is 4.92. The highest BCUT2D eigenvalue weighted by Gasteiger charge is 2.42. The lowest BCUT2D eigenvalue weighted by atomic mass is 9.92. The van der Waals surface area contributed by atoms with Crippen molar-refractivity contribution in [3.8, 4) is 11.5 Å². The van der Waals surface area contributed by atoms with Gasteiger partial charge in [-0.3, -0.25) is 9.59 Å². The molecular weight excluding hydrogens is 522 g/mol. The molecule has 2 atom stereocenters. The molecule has 11 heteroatoms. The standard InChI is InChI=1S/C28H35N3O7S/c1-6-20-24(27(34)37-5)25(17-10-11-21(35-3)22(13-17)36-4)31-19(16-39-28(31)29-20)14-23(32)30-12-8-9-18(15-30)26(33)38-7-2/h10-11,13,16,18,25H,6-9,12,14-15H2,1-5H3. The second-order valence-corrected chi connectivity index (χ2v) is 10.2. The van der Waals surface area contributed by atoms with Crippen molar-refractivity contribution in [3.05, 3.63) is 46.1 Å². The number of rotatable bonds is 9. The van der Waals surface area contributed by atoms with Gasteiger partial charge in [0.1, 0.15) is 0 Å². The molecule has 1 aromatic carbocycles. The fourth-order valence-corrected chi connectivity index (χ4v) is 6.11. The number of likely N-dealkylation sites (tertiary alicyclic amines) is 1. The monoisotopic (exact) mass is 557 g/mol. The van der Waals surface area contributed by atoms with Crippen LogP contribution in [-0.2, 0) is 23.9 Å². The molecule has 1 aromatic rings. The van der Waals surface area contributed by atoms with E-state index in [9.17, 15) is 14.4 Å². The molecule has 210 valence electrons. The molecule has 0 N–H and O–H groups in total. The summed E-state index contributed by atoms with van der Waals surface area (Å²) in [7, 11) is 4.47. The Hall–Kier alpha value is -3.47. The SMILES string of the molecule is CCOC(=O)C1CCCN(C(=O)CC2=CSC3=NC(CC)=C(C(=O)OC)C(c4ccc(OC)c(OC)c4)N23)C1. The Morgan fingerprint density at radius 1 is 1.10 bits per heavy atom. The van der Waals surface area contributed by atoms with Crippen LogP contribution in [0, 0.1) is 5.92 Å². The molecule has 1 saturated heterocycles. The summed E-state index contributed by atoms with van der Waals surface area (Å²) in [5.74, 6) is -0.0635. The Morgan fingerprint density at radius 3 is 2.54 bits per heavy atom. The quantitative estimate of drug-likeness (QED) is 0.416. The van der Waals surface area contributed by atoms with Gasteiger partial charge in [0.05, 0.1) is 57.6 Å². The summed E-state index contributed by atoms with van der Waals surface area (Å²) in [6.07, 6.45) is 2.08. The van der Waals surface area contributed by atoms with Gasteiger partial charge in [0, 0.05) is 18.8 Å². The predicted octanol–water partition coefficient (Wildman–Crippen LogP) is 4.03. The first-order valence-electron chi connectivity index (χ1n) is 13.1. The minimum Gasteiger partial charge on any atom is -0.493 e. The van der Waals surface area contributed by atoms with Gasteiger partial charge in [0.25, 0.3) is 0 Å².